The predicted molar refractivity (Wildman–Crippen MR) is 53.1 cm³/mol. The highest BCUT2D eigenvalue weighted by Crippen LogP contribution is 2.39. The Balaban J connectivity index is 1.80. The van der Waals surface area contributed by atoms with Gasteiger partial charge < -0.3 is 14.3 Å². The smallest absolute Gasteiger partial charge is 0.170 e. The number of ether oxygens (including phenoxy) is 1. The van der Waals surface area contributed by atoms with Gasteiger partial charge in [0.1, 0.15) is 5.76 Å². The highest BCUT2D eigenvalue weighted by molar-refractivity contribution is 5.06. The summed E-state index contributed by atoms with van der Waals surface area (Å²) in [6.07, 6.45) is 3.97. The fourth-order valence-corrected chi connectivity index (χ4v) is 2.14. The second-order valence-electron chi connectivity index (χ2n) is 4.24. The van der Waals surface area contributed by atoms with E-state index < -0.39 is 0 Å². The van der Waals surface area contributed by atoms with Crippen molar-refractivity contribution in [1.29, 1.82) is 0 Å². The summed E-state index contributed by atoms with van der Waals surface area (Å²) in [4.78, 5) is 2.29. The van der Waals surface area contributed by atoms with Crippen molar-refractivity contribution in [2.45, 2.75) is 31.2 Å². The van der Waals surface area contributed by atoms with E-state index in [0.717, 1.165) is 12.3 Å². The third kappa shape index (κ3) is 1.69. The van der Waals surface area contributed by atoms with Crippen LogP contribution in [0.15, 0.2) is 22.8 Å². The Hall–Kier alpha value is -0.840. The van der Waals surface area contributed by atoms with Crippen LogP contribution in [-0.2, 0) is 4.74 Å². The number of rotatable bonds is 3. The monoisotopic (exact) mass is 209 g/mol. The number of hydrogen-bond acceptors (Lipinski definition) is 4. The summed E-state index contributed by atoms with van der Waals surface area (Å²) in [7, 11) is 0. The molecule has 4 nitrogen and oxygen atoms in total. The Morgan fingerprint density at radius 2 is 2.33 bits per heavy atom. The van der Waals surface area contributed by atoms with Crippen molar-refractivity contribution in [3.63, 3.8) is 0 Å². The van der Waals surface area contributed by atoms with Gasteiger partial charge in [-0.05, 0) is 25.0 Å². The molecule has 1 saturated heterocycles. The molecule has 1 aromatic heterocycles. The first kappa shape index (κ1) is 9.39. The van der Waals surface area contributed by atoms with Crippen molar-refractivity contribution in [2.75, 3.05) is 13.2 Å². The van der Waals surface area contributed by atoms with Crippen LogP contribution in [-0.4, -0.2) is 35.3 Å². The van der Waals surface area contributed by atoms with Gasteiger partial charge in [0.15, 0.2) is 6.23 Å². The minimum Gasteiger partial charge on any atom is -0.465 e. The first-order chi connectivity index (χ1) is 7.38. The summed E-state index contributed by atoms with van der Waals surface area (Å²) in [6.45, 7) is 0.896. The summed E-state index contributed by atoms with van der Waals surface area (Å²) in [6, 6.07) is 4.42. The van der Waals surface area contributed by atoms with Crippen LogP contribution in [0, 0.1) is 0 Å². The predicted octanol–water partition coefficient (Wildman–Crippen LogP) is 1.13. The Morgan fingerprint density at radius 1 is 1.47 bits per heavy atom. The molecule has 1 aromatic rings. The van der Waals surface area contributed by atoms with Gasteiger partial charge in [-0.25, -0.2) is 0 Å². The maximum absolute atomic E-state index is 9.12. The van der Waals surface area contributed by atoms with Gasteiger partial charge in [-0.1, -0.05) is 0 Å². The topological polar surface area (TPSA) is 45.8 Å². The van der Waals surface area contributed by atoms with Crippen molar-refractivity contribution < 1.29 is 14.3 Å². The standard InChI is InChI=1S/C11H15NO3/c13-7-9-6-12(8-3-4-8)11(15-9)10-2-1-5-14-10/h1-2,5,8-9,11,13H,3-4,6-7H2. The van der Waals surface area contributed by atoms with Crippen LogP contribution in [0.4, 0.5) is 0 Å². The first-order valence-electron chi connectivity index (χ1n) is 5.44. The Kier molecular flexibility index (Phi) is 2.27. The summed E-state index contributed by atoms with van der Waals surface area (Å²) in [5.74, 6) is 0.845. The average Bonchev–Trinajstić information content (AvgIpc) is 2.83. The van der Waals surface area contributed by atoms with Gasteiger partial charge in [0.25, 0.3) is 0 Å². The molecule has 1 saturated carbocycles. The van der Waals surface area contributed by atoms with E-state index in [1.54, 1.807) is 6.26 Å². The Bertz CT molecular complexity index is 321. The highest BCUT2D eigenvalue weighted by atomic mass is 16.5. The molecule has 2 fully saturated rings. The number of furan rings is 1. The lowest BCUT2D eigenvalue weighted by Gasteiger charge is -2.19. The van der Waals surface area contributed by atoms with E-state index in [1.165, 1.54) is 12.8 Å². The van der Waals surface area contributed by atoms with Crippen LogP contribution in [0.1, 0.15) is 24.8 Å². The second kappa shape index (κ2) is 3.63. The number of hydrogen-bond donors (Lipinski definition) is 1. The SMILES string of the molecule is OCC1CN(C2CC2)C(c2ccco2)O1. The summed E-state index contributed by atoms with van der Waals surface area (Å²) < 4.78 is 11.1. The molecule has 2 unspecified atom stereocenters. The molecule has 0 bridgehead atoms. The third-order valence-corrected chi connectivity index (χ3v) is 3.04. The zero-order valence-electron chi connectivity index (χ0n) is 8.50. The van der Waals surface area contributed by atoms with Gasteiger partial charge in [0.2, 0.25) is 0 Å². The number of aliphatic hydroxyl groups excluding tert-OH is 1. The summed E-state index contributed by atoms with van der Waals surface area (Å²) in [5, 5.41) is 9.12. The van der Waals surface area contributed by atoms with Crippen LogP contribution < -0.4 is 0 Å². The Morgan fingerprint density at radius 3 is 2.93 bits per heavy atom. The van der Waals surface area contributed by atoms with Crippen LogP contribution >= 0.6 is 0 Å². The molecule has 82 valence electrons. The largest absolute Gasteiger partial charge is 0.465 e. The van der Waals surface area contributed by atoms with E-state index in [2.05, 4.69) is 4.90 Å². The van der Waals surface area contributed by atoms with Crippen LogP contribution in [0.2, 0.25) is 0 Å². The van der Waals surface area contributed by atoms with E-state index in [-0.39, 0.29) is 18.9 Å². The molecule has 0 aromatic carbocycles. The molecule has 0 radical (unpaired) electrons. The highest BCUT2D eigenvalue weighted by Gasteiger charge is 2.43. The fraction of sp³-hybridized carbons (Fsp3) is 0.636. The number of aliphatic hydroxyl groups is 1. The maximum atomic E-state index is 9.12. The van der Waals surface area contributed by atoms with E-state index >= 15 is 0 Å². The van der Waals surface area contributed by atoms with Crippen LogP contribution in [0.25, 0.3) is 0 Å². The van der Waals surface area contributed by atoms with E-state index in [1.807, 2.05) is 12.1 Å². The van der Waals surface area contributed by atoms with Crippen molar-refractivity contribution in [2.24, 2.45) is 0 Å². The van der Waals surface area contributed by atoms with Gasteiger partial charge in [-0.2, -0.15) is 0 Å². The fourth-order valence-electron chi connectivity index (χ4n) is 2.14. The molecule has 2 heterocycles. The van der Waals surface area contributed by atoms with Gasteiger partial charge in [0.05, 0.1) is 19.0 Å². The van der Waals surface area contributed by atoms with E-state index in [4.69, 9.17) is 14.3 Å². The average molecular weight is 209 g/mol. The molecule has 2 atom stereocenters. The molecular formula is C11H15NO3. The van der Waals surface area contributed by atoms with Gasteiger partial charge in [-0.3, -0.25) is 4.90 Å². The van der Waals surface area contributed by atoms with E-state index in [9.17, 15) is 0 Å². The van der Waals surface area contributed by atoms with Crippen molar-refractivity contribution in [3.05, 3.63) is 24.2 Å². The van der Waals surface area contributed by atoms with Crippen LogP contribution in [0.3, 0.4) is 0 Å². The zero-order valence-corrected chi connectivity index (χ0v) is 8.50. The van der Waals surface area contributed by atoms with Crippen molar-refractivity contribution in [3.8, 4) is 0 Å². The number of nitrogens with zero attached hydrogens (tertiary/aromatic N) is 1. The van der Waals surface area contributed by atoms with Gasteiger partial charge in [0, 0.05) is 12.6 Å². The molecule has 0 spiro atoms. The molecular weight excluding hydrogens is 194 g/mol. The lowest BCUT2D eigenvalue weighted by Crippen LogP contribution is -2.27. The maximum Gasteiger partial charge on any atom is 0.170 e. The molecule has 4 heteroatoms. The normalized spacial score (nSPS) is 32.3. The molecule has 1 aliphatic heterocycles. The summed E-state index contributed by atoms with van der Waals surface area (Å²) in [5.41, 5.74) is 0. The summed E-state index contributed by atoms with van der Waals surface area (Å²) >= 11 is 0. The first-order valence-corrected chi connectivity index (χ1v) is 5.44. The Labute approximate surface area is 88.4 Å². The minimum atomic E-state index is -0.0929. The molecule has 15 heavy (non-hydrogen) atoms. The molecule has 2 aliphatic rings. The van der Waals surface area contributed by atoms with E-state index in [0.29, 0.717) is 6.04 Å². The van der Waals surface area contributed by atoms with Crippen LogP contribution in [0.5, 0.6) is 0 Å². The molecule has 0 amide bonds. The third-order valence-electron chi connectivity index (χ3n) is 3.04. The molecule has 3 rings (SSSR count). The van der Waals surface area contributed by atoms with Gasteiger partial charge >= 0.3 is 0 Å². The van der Waals surface area contributed by atoms with Crippen molar-refractivity contribution in [1.82, 2.24) is 4.90 Å². The molecule has 1 aliphatic carbocycles. The minimum absolute atomic E-state index is 0.0688. The quantitative estimate of drug-likeness (QED) is 0.810. The van der Waals surface area contributed by atoms with Crippen molar-refractivity contribution >= 4 is 0 Å². The zero-order chi connectivity index (χ0) is 10.3. The lowest BCUT2D eigenvalue weighted by molar-refractivity contribution is -0.0334. The molecule has 1 N–H and O–H groups in total. The second-order valence-corrected chi connectivity index (χ2v) is 4.24. The van der Waals surface area contributed by atoms with Gasteiger partial charge in [-0.15, -0.1) is 0 Å². The lowest BCUT2D eigenvalue weighted by atomic mass is 10.3.